The molecule has 0 radical (unpaired) electrons. The number of para-hydroxylation sites is 1. The van der Waals surface area contributed by atoms with Crippen molar-refractivity contribution >= 4 is 28.3 Å². The first-order valence-corrected chi connectivity index (χ1v) is 13.6. The van der Waals surface area contributed by atoms with E-state index in [0.29, 0.717) is 17.4 Å². The molecular weight excluding hydrogens is 460 g/mol. The Balaban J connectivity index is 1.14. The molecule has 0 bridgehead atoms. The first kappa shape index (κ1) is 23.8. The summed E-state index contributed by atoms with van der Waals surface area (Å²) in [7, 11) is 2.17. The number of nitrogens with zero attached hydrogens (tertiary/aromatic N) is 3. The smallest absolute Gasteiger partial charge is 0.256 e. The van der Waals surface area contributed by atoms with Crippen molar-refractivity contribution < 1.29 is 4.79 Å². The third-order valence-corrected chi connectivity index (χ3v) is 8.06. The van der Waals surface area contributed by atoms with Gasteiger partial charge >= 0.3 is 0 Å². The highest BCUT2D eigenvalue weighted by Gasteiger charge is 2.19. The van der Waals surface area contributed by atoms with E-state index in [1.165, 1.54) is 36.6 Å². The second kappa shape index (κ2) is 10.4. The van der Waals surface area contributed by atoms with Crippen molar-refractivity contribution in [3.63, 3.8) is 0 Å². The fraction of sp³-hybridized carbons (Fsp3) is 0.400. The number of carbonyl (C=O) groups is 1. The molecule has 37 heavy (non-hydrogen) atoms. The van der Waals surface area contributed by atoms with E-state index in [1.54, 1.807) is 0 Å². The van der Waals surface area contributed by atoms with Crippen LogP contribution in [-0.2, 0) is 6.54 Å². The zero-order chi connectivity index (χ0) is 25.2. The number of carbonyl (C=O) groups excluding carboxylic acids is 1. The maximum Gasteiger partial charge on any atom is 0.256 e. The van der Waals surface area contributed by atoms with E-state index in [1.807, 2.05) is 30.3 Å². The summed E-state index contributed by atoms with van der Waals surface area (Å²) in [6.07, 6.45) is 9.80. The summed E-state index contributed by atoms with van der Waals surface area (Å²) in [4.78, 5) is 15.3. The molecule has 2 fully saturated rings. The van der Waals surface area contributed by atoms with Gasteiger partial charge in [-0.15, -0.1) is 0 Å². The number of likely N-dealkylation sites (tertiary alicyclic amines) is 1. The van der Waals surface area contributed by atoms with Gasteiger partial charge < -0.3 is 20.1 Å². The summed E-state index contributed by atoms with van der Waals surface area (Å²) in [5.74, 6) is 1.20. The highest BCUT2D eigenvalue weighted by molar-refractivity contribution is 6.04. The van der Waals surface area contributed by atoms with Gasteiger partial charge in [0.05, 0.1) is 11.2 Å². The molecule has 2 aromatic carbocycles. The van der Waals surface area contributed by atoms with Gasteiger partial charge in [0.15, 0.2) is 0 Å². The molecule has 7 nitrogen and oxygen atoms in total. The fourth-order valence-corrected chi connectivity index (χ4v) is 5.92. The normalized spacial score (nSPS) is 17.4. The molecule has 7 heteroatoms. The minimum absolute atomic E-state index is 0.149. The van der Waals surface area contributed by atoms with Crippen LogP contribution in [0, 0.1) is 5.92 Å². The standard InChI is InChI=1S/C30H36N6O/c1-35-16-14-25(15-17-35)31-24-11-9-23(10-12-24)30(37)32-28-19-27(33-34-28)26-8-4-7-22-13-18-36(29(22)26)20-21-5-2-3-6-21/h4,7-13,18-19,21,25,31H,2-3,5-6,14-17,20H2,1H3,(H2,32,33,34,37). The molecule has 1 saturated heterocycles. The summed E-state index contributed by atoms with van der Waals surface area (Å²) in [6.45, 7) is 3.29. The molecule has 3 heterocycles. The van der Waals surface area contributed by atoms with Crippen molar-refractivity contribution in [2.45, 2.75) is 51.1 Å². The van der Waals surface area contributed by atoms with Crippen LogP contribution in [0.3, 0.4) is 0 Å². The quantitative estimate of drug-likeness (QED) is 0.294. The number of piperidine rings is 1. The number of amides is 1. The molecule has 2 aliphatic rings. The largest absolute Gasteiger partial charge is 0.382 e. The van der Waals surface area contributed by atoms with E-state index in [4.69, 9.17) is 0 Å². The van der Waals surface area contributed by atoms with E-state index in [0.717, 1.165) is 55.3 Å². The Morgan fingerprint density at radius 2 is 1.81 bits per heavy atom. The molecule has 0 unspecified atom stereocenters. The monoisotopic (exact) mass is 496 g/mol. The Bertz CT molecular complexity index is 1360. The van der Waals surface area contributed by atoms with Crippen LogP contribution in [0.15, 0.2) is 60.8 Å². The van der Waals surface area contributed by atoms with Crippen LogP contribution in [0.2, 0.25) is 0 Å². The van der Waals surface area contributed by atoms with Crippen molar-refractivity contribution in [3.8, 4) is 11.3 Å². The summed E-state index contributed by atoms with van der Waals surface area (Å²) in [5.41, 5.74) is 4.82. The van der Waals surface area contributed by atoms with Crippen molar-refractivity contribution in [2.75, 3.05) is 30.8 Å². The van der Waals surface area contributed by atoms with Crippen LogP contribution in [0.4, 0.5) is 11.5 Å². The van der Waals surface area contributed by atoms with Gasteiger partial charge in [-0.3, -0.25) is 9.89 Å². The van der Waals surface area contributed by atoms with Gasteiger partial charge in [0.2, 0.25) is 0 Å². The van der Waals surface area contributed by atoms with Crippen molar-refractivity contribution in [3.05, 3.63) is 66.4 Å². The number of anilines is 2. The van der Waals surface area contributed by atoms with Crippen LogP contribution in [0.1, 0.15) is 48.9 Å². The number of fused-ring (bicyclic) bond motifs is 1. The molecule has 3 N–H and O–H groups in total. The van der Waals surface area contributed by atoms with E-state index in [9.17, 15) is 4.79 Å². The lowest BCUT2D eigenvalue weighted by atomic mass is 10.0. The zero-order valence-corrected chi connectivity index (χ0v) is 21.5. The third kappa shape index (κ3) is 5.27. The maximum atomic E-state index is 12.9. The molecule has 1 amide bonds. The number of hydrogen-bond acceptors (Lipinski definition) is 4. The van der Waals surface area contributed by atoms with Crippen LogP contribution in [0.25, 0.3) is 22.2 Å². The molecule has 1 saturated carbocycles. The molecule has 1 aliphatic carbocycles. The molecular formula is C30H36N6O. The van der Waals surface area contributed by atoms with E-state index in [2.05, 4.69) is 67.8 Å². The number of nitrogens with one attached hydrogen (secondary N) is 3. The minimum Gasteiger partial charge on any atom is -0.382 e. The third-order valence-electron chi connectivity index (χ3n) is 8.06. The number of benzene rings is 2. The van der Waals surface area contributed by atoms with Crippen LogP contribution in [-0.4, -0.2) is 51.8 Å². The molecule has 1 aliphatic heterocycles. The summed E-state index contributed by atoms with van der Waals surface area (Å²) >= 11 is 0. The van der Waals surface area contributed by atoms with Gasteiger partial charge in [0.25, 0.3) is 5.91 Å². The van der Waals surface area contributed by atoms with Gasteiger partial charge in [-0.25, -0.2) is 0 Å². The second-order valence-electron chi connectivity index (χ2n) is 10.8. The van der Waals surface area contributed by atoms with Gasteiger partial charge in [-0.1, -0.05) is 31.0 Å². The van der Waals surface area contributed by atoms with Crippen LogP contribution >= 0.6 is 0 Å². The van der Waals surface area contributed by atoms with Gasteiger partial charge in [0, 0.05) is 47.1 Å². The Morgan fingerprint density at radius 3 is 2.59 bits per heavy atom. The SMILES string of the molecule is CN1CCC(Nc2ccc(C(=O)Nc3cc(-c4cccc5ccn(CC6CCCC6)c45)n[nH]3)cc2)CC1. The van der Waals surface area contributed by atoms with Crippen LogP contribution < -0.4 is 10.6 Å². The number of H-pyrrole nitrogens is 1. The topological polar surface area (TPSA) is 78.0 Å². The number of rotatable bonds is 7. The van der Waals surface area contributed by atoms with E-state index < -0.39 is 0 Å². The molecule has 2 aromatic heterocycles. The van der Waals surface area contributed by atoms with Gasteiger partial charge in [0.1, 0.15) is 5.82 Å². The number of hydrogen-bond donors (Lipinski definition) is 3. The average Bonchev–Trinajstić information content (AvgIpc) is 3.68. The Kier molecular flexibility index (Phi) is 6.70. The van der Waals surface area contributed by atoms with Gasteiger partial charge in [-0.05, 0) is 82.1 Å². The zero-order valence-electron chi connectivity index (χ0n) is 21.5. The lowest BCUT2D eigenvalue weighted by Gasteiger charge is -2.30. The summed E-state index contributed by atoms with van der Waals surface area (Å²) in [5, 5.41) is 15.4. The van der Waals surface area contributed by atoms with Crippen molar-refractivity contribution in [1.29, 1.82) is 0 Å². The Labute approximate surface area is 218 Å². The second-order valence-corrected chi connectivity index (χ2v) is 10.8. The van der Waals surface area contributed by atoms with Crippen LogP contribution in [0.5, 0.6) is 0 Å². The molecule has 0 spiro atoms. The van der Waals surface area contributed by atoms with E-state index >= 15 is 0 Å². The summed E-state index contributed by atoms with van der Waals surface area (Å²) < 4.78 is 2.38. The minimum atomic E-state index is -0.149. The predicted molar refractivity (Wildman–Crippen MR) is 150 cm³/mol. The molecule has 0 atom stereocenters. The van der Waals surface area contributed by atoms with Crippen molar-refractivity contribution in [2.24, 2.45) is 5.92 Å². The molecule has 192 valence electrons. The lowest BCUT2D eigenvalue weighted by Crippen LogP contribution is -2.36. The molecule has 4 aromatic rings. The average molecular weight is 497 g/mol. The fourth-order valence-electron chi connectivity index (χ4n) is 5.92. The Hall–Kier alpha value is -3.58. The first-order valence-electron chi connectivity index (χ1n) is 13.6. The van der Waals surface area contributed by atoms with Crippen molar-refractivity contribution in [1.82, 2.24) is 19.7 Å². The number of aromatic nitrogens is 3. The highest BCUT2D eigenvalue weighted by atomic mass is 16.1. The lowest BCUT2D eigenvalue weighted by molar-refractivity contribution is 0.102. The molecule has 6 rings (SSSR count). The maximum absolute atomic E-state index is 12.9. The first-order chi connectivity index (χ1) is 18.1. The van der Waals surface area contributed by atoms with E-state index in [-0.39, 0.29) is 5.91 Å². The highest BCUT2D eigenvalue weighted by Crippen LogP contribution is 2.32. The number of aromatic amines is 1. The Morgan fingerprint density at radius 1 is 1.03 bits per heavy atom. The predicted octanol–water partition coefficient (Wildman–Crippen LogP) is 5.98. The van der Waals surface area contributed by atoms with Gasteiger partial charge in [-0.2, -0.15) is 5.10 Å². The summed E-state index contributed by atoms with van der Waals surface area (Å²) in [6, 6.07) is 18.7.